The molecule has 3 aromatic rings. The van der Waals surface area contributed by atoms with Gasteiger partial charge in [-0.3, -0.25) is 9.11 Å². The lowest BCUT2D eigenvalue weighted by Gasteiger charge is -2.41. The number of aryl methyl sites for hydroxylation is 2. The van der Waals surface area contributed by atoms with Gasteiger partial charge in [-0.25, -0.2) is 4.79 Å². The summed E-state index contributed by atoms with van der Waals surface area (Å²) in [5, 5.41) is 0. The molecule has 220 valence electrons. The van der Waals surface area contributed by atoms with Crippen molar-refractivity contribution in [3.63, 3.8) is 0 Å². The Balaban J connectivity index is 1.22. The standard InChI is InChI=1S/C32H38O8S/c1-22-15-29(40-28-11-13-41(34,35)14-12-28)16-23(2)31(22)25-6-4-5-24(17-25)18-38-27-9-7-26(8-10-27)32(20-37-21-32)39-19-30(33)36-3/h4-10,15-17,28,34-35H,11-14,18-21H2,1-3H3. The topological polar surface area (TPSA) is 104 Å². The maximum Gasteiger partial charge on any atom is 0.331 e. The summed E-state index contributed by atoms with van der Waals surface area (Å²) in [5.74, 6) is 1.96. The van der Waals surface area contributed by atoms with Crippen molar-refractivity contribution in [1.29, 1.82) is 0 Å². The number of carbonyl (C=O) groups excluding carboxylic acids is 1. The van der Waals surface area contributed by atoms with Gasteiger partial charge in [0.15, 0.2) is 0 Å². The molecule has 0 aliphatic carbocycles. The molecular weight excluding hydrogens is 544 g/mol. The highest BCUT2D eigenvalue weighted by atomic mass is 32.3. The maximum absolute atomic E-state index is 11.5. The molecule has 3 aromatic carbocycles. The number of benzene rings is 3. The van der Waals surface area contributed by atoms with Gasteiger partial charge in [-0.15, -0.1) is 0 Å². The average Bonchev–Trinajstić information content (AvgIpc) is 2.93. The zero-order valence-corrected chi connectivity index (χ0v) is 24.6. The second-order valence-corrected chi connectivity index (χ2v) is 13.2. The summed E-state index contributed by atoms with van der Waals surface area (Å²) in [5.41, 5.74) is 5.87. The number of hydrogen-bond donors (Lipinski definition) is 2. The van der Waals surface area contributed by atoms with Crippen molar-refractivity contribution in [3.8, 4) is 22.6 Å². The third kappa shape index (κ3) is 7.05. The molecule has 0 amide bonds. The monoisotopic (exact) mass is 582 g/mol. The van der Waals surface area contributed by atoms with Gasteiger partial charge in [0.2, 0.25) is 0 Å². The fourth-order valence-corrected chi connectivity index (χ4v) is 6.84. The van der Waals surface area contributed by atoms with Crippen LogP contribution in [-0.2, 0) is 31.2 Å². The van der Waals surface area contributed by atoms with Crippen molar-refractivity contribution in [1.82, 2.24) is 0 Å². The lowest BCUT2D eigenvalue weighted by molar-refractivity contribution is -0.220. The summed E-state index contributed by atoms with van der Waals surface area (Å²) in [6, 6.07) is 20.2. The Hall–Kier alpha value is -3.08. The molecule has 0 spiro atoms. The SMILES string of the molecule is COC(=O)COC1(c2ccc(OCc3cccc(-c4c(C)cc(OC5CCS(O)(O)CC5)cc4C)c3)cc2)COC1. The van der Waals surface area contributed by atoms with Crippen LogP contribution < -0.4 is 9.47 Å². The minimum absolute atomic E-state index is 0.00842. The van der Waals surface area contributed by atoms with E-state index in [0.717, 1.165) is 39.3 Å². The first-order valence-corrected chi connectivity index (χ1v) is 15.7. The van der Waals surface area contributed by atoms with Crippen LogP contribution in [0.4, 0.5) is 0 Å². The zero-order valence-electron chi connectivity index (χ0n) is 23.8. The third-order valence-electron chi connectivity index (χ3n) is 7.71. The van der Waals surface area contributed by atoms with Crippen molar-refractivity contribution >= 4 is 16.6 Å². The smallest absolute Gasteiger partial charge is 0.331 e. The minimum Gasteiger partial charge on any atom is -0.490 e. The summed E-state index contributed by atoms with van der Waals surface area (Å²) in [4.78, 5) is 11.5. The van der Waals surface area contributed by atoms with E-state index in [1.807, 2.05) is 30.3 Å². The quantitative estimate of drug-likeness (QED) is 0.270. The first-order valence-electron chi connectivity index (χ1n) is 13.8. The van der Waals surface area contributed by atoms with Gasteiger partial charge in [-0.1, -0.05) is 30.3 Å². The molecule has 0 aromatic heterocycles. The van der Waals surface area contributed by atoms with Crippen molar-refractivity contribution < 1.29 is 37.6 Å². The Morgan fingerprint density at radius 3 is 2.27 bits per heavy atom. The van der Waals surface area contributed by atoms with Gasteiger partial charge in [0, 0.05) is 24.3 Å². The van der Waals surface area contributed by atoms with Crippen molar-refractivity contribution in [2.24, 2.45) is 0 Å². The Morgan fingerprint density at radius 1 is 0.976 bits per heavy atom. The second kappa shape index (κ2) is 12.4. The number of methoxy groups -OCH3 is 1. The van der Waals surface area contributed by atoms with Gasteiger partial charge in [-0.2, -0.15) is 10.6 Å². The molecule has 8 nitrogen and oxygen atoms in total. The van der Waals surface area contributed by atoms with E-state index >= 15 is 0 Å². The van der Waals surface area contributed by atoms with E-state index in [9.17, 15) is 13.9 Å². The van der Waals surface area contributed by atoms with Gasteiger partial charge in [0.25, 0.3) is 0 Å². The predicted molar refractivity (Wildman–Crippen MR) is 159 cm³/mol. The largest absolute Gasteiger partial charge is 0.490 e. The fraction of sp³-hybridized carbons (Fsp3) is 0.406. The minimum atomic E-state index is -2.42. The first kappa shape index (κ1) is 29.4. The van der Waals surface area contributed by atoms with Gasteiger partial charge in [0.1, 0.15) is 36.4 Å². The summed E-state index contributed by atoms with van der Waals surface area (Å²) < 4.78 is 48.0. The van der Waals surface area contributed by atoms with E-state index in [-0.39, 0.29) is 12.7 Å². The molecular formula is C32H38O8S. The molecule has 9 heteroatoms. The van der Waals surface area contributed by atoms with E-state index in [0.29, 0.717) is 44.2 Å². The number of rotatable bonds is 10. The van der Waals surface area contributed by atoms with Crippen LogP contribution in [0.3, 0.4) is 0 Å². The van der Waals surface area contributed by atoms with Crippen molar-refractivity contribution in [2.45, 2.75) is 45.0 Å². The highest BCUT2D eigenvalue weighted by Gasteiger charge is 2.42. The van der Waals surface area contributed by atoms with E-state index < -0.39 is 22.2 Å². The highest BCUT2D eigenvalue weighted by molar-refractivity contribution is 8.24. The normalized spacial score (nSPS) is 18.7. The molecule has 0 atom stereocenters. The van der Waals surface area contributed by atoms with Crippen LogP contribution in [0.15, 0.2) is 60.7 Å². The molecule has 2 N–H and O–H groups in total. The molecule has 0 bridgehead atoms. The summed E-state index contributed by atoms with van der Waals surface area (Å²) in [7, 11) is -1.08. The van der Waals surface area contributed by atoms with E-state index in [1.165, 1.54) is 12.7 Å². The van der Waals surface area contributed by atoms with Gasteiger partial charge in [-0.05, 0) is 77.6 Å². The molecule has 5 rings (SSSR count). The van der Waals surface area contributed by atoms with Crippen LogP contribution >= 0.6 is 10.6 Å². The predicted octanol–water partition coefficient (Wildman–Crippen LogP) is 6.26. The zero-order chi connectivity index (χ0) is 29.0. The Bertz CT molecular complexity index is 1330. The number of ether oxygens (including phenoxy) is 5. The molecule has 0 saturated carbocycles. The van der Waals surface area contributed by atoms with Crippen LogP contribution in [0.5, 0.6) is 11.5 Å². The Kier molecular flexibility index (Phi) is 8.91. The average molecular weight is 583 g/mol. The maximum atomic E-state index is 11.5. The lowest BCUT2D eigenvalue weighted by Crippen LogP contribution is -2.49. The molecule has 2 heterocycles. The third-order valence-corrected chi connectivity index (χ3v) is 9.49. The van der Waals surface area contributed by atoms with E-state index in [1.54, 1.807) is 0 Å². The summed E-state index contributed by atoms with van der Waals surface area (Å²) >= 11 is 0. The van der Waals surface area contributed by atoms with Gasteiger partial charge in [0.05, 0.1) is 20.3 Å². The van der Waals surface area contributed by atoms with Crippen LogP contribution in [0.1, 0.15) is 35.1 Å². The number of carbonyl (C=O) groups is 1. The molecule has 41 heavy (non-hydrogen) atoms. The molecule has 0 unspecified atom stereocenters. The molecule has 2 saturated heterocycles. The van der Waals surface area contributed by atoms with Crippen LogP contribution in [0.25, 0.3) is 11.1 Å². The Labute approximate surface area is 242 Å². The molecule has 2 aliphatic rings. The van der Waals surface area contributed by atoms with Gasteiger partial charge < -0.3 is 23.7 Å². The second-order valence-electron chi connectivity index (χ2n) is 10.8. The molecule has 2 fully saturated rings. The van der Waals surface area contributed by atoms with Crippen LogP contribution in [0.2, 0.25) is 0 Å². The van der Waals surface area contributed by atoms with E-state index in [4.69, 9.17) is 18.9 Å². The molecule has 0 radical (unpaired) electrons. The van der Waals surface area contributed by atoms with Crippen LogP contribution in [0, 0.1) is 13.8 Å². The summed E-state index contributed by atoms with van der Waals surface area (Å²) in [6.45, 7) is 5.25. The van der Waals surface area contributed by atoms with Crippen molar-refractivity contribution in [2.75, 3.05) is 38.4 Å². The van der Waals surface area contributed by atoms with Crippen LogP contribution in [-0.4, -0.2) is 59.6 Å². The number of esters is 1. The number of hydrogen-bond acceptors (Lipinski definition) is 8. The van der Waals surface area contributed by atoms with E-state index in [2.05, 4.69) is 48.9 Å². The highest BCUT2D eigenvalue weighted by Crippen LogP contribution is 2.45. The summed E-state index contributed by atoms with van der Waals surface area (Å²) in [6.07, 6.45) is 1.32. The lowest BCUT2D eigenvalue weighted by atomic mass is 9.91. The Morgan fingerprint density at radius 2 is 1.66 bits per heavy atom. The van der Waals surface area contributed by atoms with Gasteiger partial charge >= 0.3 is 5.97 Å². The first-order chi connectivity index (χ1) is 19.7. The fourth-order valence-electron chi connectivity index (χ4n) is 5.36. The molecule has 2 aliphatic heterocycles. The van der Waals surface area contributed by atoms with Crippen molar-refractivity contribution in [3.05, 3.63) is 82.9 Å².